The molecule has 1 amide bonds. The summed E-state index contributed by atoms with van der Waals surface area (Å²) in [7, 11) is 0. The monoisotopic (exact) mass is 368 g/mol. The molecule has 2 fully saturated rings. The average molecular weight is 369 g/mol. The number of anilines is 1. The second-order valence-corrected chi connectivity index (χ2v) is 8.63. The topological polar surface area (TPSA) is 50.2 Å². The van der Waals surface area contributed by atoms with Gasteiger partial charge < -0.3 is 14.8 Å². The Morgan fingerprint density at radius 1 is 1.19 bits per heavy atom. The Bertz CT molecular complexity index is 791. The van der Waals surface area contributed by atoms with E-state index < -0.39 is 0 Å². The molecule has 1 saturated carbocycles. The molecule has 5 nitrogen and oxygen atoms in total. The van der Waals surface area contributed by atoms with Gasteiger partial charge in [0.25, 0.3) is 0 Å². The van der Waals surface area contributed by atoms with E-state index in [2.05, 4.69) is 52.9 Å². The lowest BCUT2D eigenvalue weighted by Gasteiger charge is -2.34. The minimum Gasteiger partial charge on any atom is -0.356 e. The minimum absolute atomic E-state index is 0.0642. The van der Waals surface area contributed by atoms with Crippen molar-refractivity contribution < 1.29 is 4.79 Å². The maximum atomic E-state index is 12.6. The Balaban J connectivity index is 1.59. The van der Waals surface area contributed by atoms with E-state index in [-0.39, 0.29) is 11.8 Å². The second kappa shape index (κ2) is 7.91. The predicted octanol–water partition coefficient (Wildman–Crippen LogP) is 4.14. The van der Waals surface area contributed by atoms with E-state index in [0.717, 1.165) is 43.9 Å². The molecule has 1 aromatic heterocycles. The Labute approximate surface area is 162 Å². The zero-order valence-corrected chi connectivity index (χ0v) is 16.7. The number of carbonyl (C=O) groups excluding carboxylic acids is 1. The van der Waals surface area contributed by atoms with Crippen molar-refractivity contribution in [2.24, 2.45) is 11.8 Å². The van der Waals surface area contributed by atoms with Crippen molar-refractivity contribution in [2.45, 2.75) is 58.4 Å². The van der Waals surface area contributed by atoms with E-state index in [0.29, 0.717) is 12.0 Å². The van der Waals surface area contributed by atoms with Crippen LogP contribution < -0.4 is 10.2 Å². The molecule has 27 heavy (non-hydrogen) atoms. The number of nitrogens with one attached hydrogen (secondary N) is 1. The van der Waals surface area contributed by atoms with E-state index in [1.807, 2.05) is 0 Å². The molecule has 1 aliphatic heterocycles. The molecule has 2 heterocycles. The van der Waals surface area contributed by atoms with Gasteiger partial charge in [-0.3, -0.25) is 4.79 Å². The Morgan fingerprint density at radius 3 is 2.74 bits per heavy atom. The van der Waals surface area contributed by atoms with Gasteiger partial charge in [0.05, 0.1) is 17.0 Å². The van der Waals surface area contributed by atoms with Gasteiger partial charge in [0.1, 0.15) is 0 Å². The molecule has 1 aliphatic carbocycles. The maximum absolute atomic E-state index is 12.6. The Hall–Kier alpha value is -2.04. The molecular weight excluding hydrogens is 336 g/mol. The van der Waals surface area contributed by atoms with Gasteiger partial charge >= 0.3 is 0 Å². The molecule has 1 aromatic carbocycles. The number of carbonyl (C=O) groups is 1. The van der Waals surface area contributed by atoms with Gasteiger partial charge in [-0.15, -0.1) is 0 Å². The highest BCUT2D eigenvalue weighted by Crippen LogP contribution is 2.37. The number of hydrogen-bond donors (Lipinski definition) is 1. The van der Waals surface area contributed by atoms with Crippen LogP contribution in [0.4, 0.5) is 5.95 Å². The van der Waals surface area contributed by atoms with E-state index in [4.69, 9.17) is 4.98 Å². The van der Waals surface area contributed by atoms with Gasteiger partial charge in [0, 0.05) is 25.7 Å². The summed E-state index contributed by atoms with van der Waals surface area (Å²) in [5, 5.41) is 3.13. The highest BCUT2D eigenvalue weighted by atomic mass is 16.1. The molecule has 1 unspecified atom stereocenters. The van der Waals surface area contributed by atoms with Gasteiger partial charge in [0.15, 0.2) is 0 Å². The molecule has 1 atom stereocenters. The number of amides is 1. The number of hydrogen-bond acceptors (Lipinski definition) is 3. The lowest BCUT2D eigenvalue weighted by molar-refractivity contribution is -0.125. The van der Waals surface area contributed by atoms with Crippen molar-refractivity contribution in [3.05, 3.63) is 24.3 Å². The first-order valence-corrected chi connectivity index (χ1v) is 10.6. The quantitative estimate of drug-likeness (QED) is 0.863. The SMILES string of the molecule is CC(C)CNC(=O)C1CCCN(c2nc3ccccc3n2C2CCCC2)C1. The second-order valence-electron chi connectivity index (χ2n) is 8.63. The van der Waals surface area contributed by atoms with Gasteiger partial charge in [-0.2, -0.15) is 0 Å². The summed E-state index contributed by atoms with van der Waals surface area (Å²) in [5.74, 6) is 1.83. The van der Waals surface area contributed by atoms with Gasteiger partial charge in [-0.25, -0.2) is 4.98 Å². The van der Waals surface area contributed by atoms with Crippen LogP contribution in [0.3, 0.4) is 0 Å². The fourth-order valence-electron chi connectivity index (χ4n) is 4.60. The number of benzene rings is 1. The number of aromatic nitrogens is 2. The summed E-state index contributed by atoms with van der Waals surface area (Å²) in [4.78, 5) is 20.0. The van der Waals surface area contributed by atoms with Crippen LogP contribution in [0.1, 0.15) is 58.4 Å². The zero-order valence-electron chi connectivity index (χ0n) is 16.7. The molecule has 2 aliphatic rings. The lowest BCUT2D eigenvalue weighted by Crippen LogP contribution is -2.44. The molecule has 1 saturated heterocycles. The fourth-order valence-corrected chi connectivity index (χ4v) is 4.60. The Kier molecular flexibility index (Phi) is 5.37. The molecule has 2 aromatic rings. The van der Waals surface area contributed by atoms with Crippen LogP contribution in [0.15, 0.2) is 24.3 Å². The number of fused-ring (bicyclic) bond motifs is 1. The van der Waals surface area contributed by atoms with Crippen molar-refractivity contribution >= 4 is 22.9 Å². The van der Waals surface area contributed by atoms with Crippen LogP contribution in [0.5, 0.6) is 0 Å². The first-order valence-electron chi connectivity index (χ1n) is 10.6. The molecule has 1 N–H and O–H groups in total. The van der Waals surface area contributed by atoms with Crippen molar-refractivity contribution in [1.29, 1.82) is 0 Å². The molecule has 0 radical (unpaired) electrons. The summed E-state index contributed by atoms with van der Waals surface area (Å²) < 4.78 is 2.47. The van der Waals surface area contributed by atoms with E-state index in [9.17, 15) is 4.79 Å². The van der Waals surface area contributed by atoms with Crippen LogP contribution in [0.2, 0.25) is 0 Å². The Morgan fingerprint density at radius 2 is 1.96 bits per heavy atom. The third-order valence-electron chi connectivity index (χ3n) is 6.03. The zero-order chi connectivity index (χ0) is 18.8. The number of rotatable bonds is 5. The van der Waals surface area contributed by atoms with E-state index in [1.165, 1.54) is 31.2 Å². The highest BCUT2D eigenvalue weighted by Gasteiger charge is 2.31. The maximum Gasteiger partial charge on any atom is 0.224 e. The van der Waals surface area contributed by atoms with Crippen LogP contribution in [-0.2, 0) is 4.79 Å². The summed E-state index contributed by atoms with van der Waals surface area (Å²) in [6, 6.07) is 9.03. The number of imidazole rings is 1. The lowest BCUT2D eigenvalue weighted by atomic mass is 9.97. The van der Waals surface area contributed by atoms with Crippen molar-refractivity contribution in [3.8, 4) is 0 Å². The predicted molar refractivity (Wildman–Crippen MR) is 110 cm³/mol. The van der Waals surface area contributed by atoms with E-state index in [1.54, 1.807) is 0 Å². The van der Waals surface area contributed by atoms with Crippen LogP contribution in [0, 0.1) is 11.8 Å². The summed E-state index contributed by atoms with van der Waals surface area (Å²) in [6.07, 6.45) is 7.10. The van der Waals surface area contributed by atoms with Crippen molar-refractivity contribution in [2.75, 3.05) is 24.5 Å². The number of nitrogens with zero attached hydrogens (tertiary/aromatic N) is 3. The summed E-state index contributed by atoms with van der Waals surface area (Å²) in [6.45, 7) is 6.80. The first kappa shape index (κ1) is 18.3. The summed E-state index contributed by atoms with van der Waals surface area (Å²) in [5.41, 5.74) is 2.32. The molecular formula is C22H32N4O. The van der Waals surface area contributed by atoms with Crippen LogP contribution >= 0.6 is 0 Å². The molecule has 0 spiro atoms. The largest absolute Gasteiger partial charge is 0.356 e. The third-order valence-corrected chi connectivity index (χ3v) is 6.03. The van der Waals surface area contributed by atoms with Crippen molar-refractivity contribution in [3.63, 3.8) is 0 Å². The van der Waals surface area contributed by atoms with E-state index >= 15 is 0 Å². The molecule has 4 rings (SSSR count). The fraction of sp³-hybridized carbons (Fsp3) is 0.636. The van der Waals surface area contributed by atoms with Gasteiger partial charge in [-0.1, -0.05) is 38.8 Å². The van der Waals surface area contributed by atoms with Crippen LogP contribution in [0.25, 0.3) is 11.0 Å². The molecule has 146 valence electrons. The molecule has 0 bridgehead atoms. The smallest absolute Gasteiger partial charge is 0.224 e. The molecule has 5 heteroatoms. The minimum atomic E-state index is 0.0642. The van der Waals surface area contributed by atoms with Crippen molar-refractivity contribution in [1.82, 2.24) is 14.9 Å². The normalized spacial score (nSPS) is 21.3. The average Bonchev–Trinajstić information content (AvgIpc) is 3.33. The third kappa shape index (κ3) is 3.83. The van der Waals surface area contributed by atoms with Gasteiger partial charge in [0.2, 0.25) is 11.9 Å². The number of piperidine rings is 1. The first-order chi connectivity index (χ1) is 13.1. The highest BCUT2D eigenvalue weighted by molar-refractivity contribution is 5.81. The number of para-hydroxylation sites is 2. The van der Waals surface area contributed by atoms with Gasteiger partial charge in [-0.05, 0) is 43.7 Å². The summed E-state index contributed by atoms with van der Waals surface area (Å²) >= 11 is 0. The standard InChI is InChI=1S/C22H32N4O/c1-16(2)14-23-21(27)17-8-7-13-25(15-17)22-24-19-11-5-6-12-20(19)26(22)18-9-3-4-10-18/h5-6,11-12,16-18H,3-4,7-10,13-15H2,1-2H3,(H,23,27). The van der Waals surface area contributed by atoms with Crippen LogP contribution in [-0.4, -0.2) is 35.1 Å².